The van der Waals surface area contributed by atoms with Gasteiger partial charge in [0.15, 0.2) is 0 Å². The summed E-state index contributed by atoms with van der Waals surface area (Å²) in [6.07, 6.45) is 0. The zero-order valence-corrected chi connectivity index (χ0v) is 8.29. The molecule has 0 atom stereocenters. The lowest BCUT2D eigenvalue weighted by atomic mass is 10.2. The summed E-state index contributed by atoms with van der Waals surface area (Å²) in [5.74, 6) is 0. The maximum absolute atomic E-state index is 5.50. The Morgan fingerprint density at radius 3 is 2.17 bits per heavy atom. The van der Waals surface area contributed by atoms with Crippen LogP contribution in [0.3, 0.4) is 0 Å². The fourth-order valence-electron chi connectivity index (χ4n) is 1.69. The minimum atomic E-state index is 0.699. The van der Waals surface area contributed by atoms with Crippen LogP contribution in [0.5, 0.6) is 0 Å². The van der Waals surface area contributed by atoms with Crippen LogP contribution in [0, 0.1) is 0 Å². The highest BCUT2D eigenvalue weighted by molar-refractivity contribution is 4.73. The van der Waals surface area contributed by atoms with Gasteiger partial charge in [-0.15, -0.1) is 0 Å². The molecule has 72 valence electrons. The molecule has 0 aliphatic carbocycles. The zero-order chi connectivity index (χ0) is 8.97. The van der Waals surface area contributed by atoms with Gasteiger partial charge in [0.25, 0.3) is 0 Å². The second kappa shape index (κ2) is 4.80. The fourth-order valence-corrected chi connectivity index (χ4v) is 1.69. The number of nitrogens with zero attached hydrogens (tertiary/aromatic N) is 2. The van der Waals surface area contributed by atoms with E-state index in [0.717, 1.165) is 13.1 Å². The molecule has 1 fully saturated rings. The quantitative estimate of drug-likeness (QED) is 0.647. The molecule has 1 saturated heterocycles. The van der Waals surface area contributed by atoms with Crippen LogP contribution in [0.25, 0.3) is 0 Å². The molecule has 0 unspecified atom stereocenters. The third kappa shape index (κ3) is 2.73. The number of rotatable bonds is 3. The predicted molar refractivity (Wildman–Crippen MR) is 52.2 cm³/mol. The van der Waals surface area contributed by atoms with Crippen molar-refractivity contribution in [3.05, 3.63) is 0 Å². The van der Waals surface area contributed by atoms with Crippen LogP contribution >= 0.6 is 0 Å². The van der Waals surface area contributed by atoms with E-state index in [1.807, 2.05) is 0 Å². The van der Waals surface area contributed by atoms with Gasteiger partial charge in [0, 0.05) is 45.3 Å². The Morgan fingerprint density at radius 1 is 1.17 bits per heavy atom. The molecule has 0 spiro atoms. The number of hydrogen-bond acceptors (Lipinski definition) is 3. The summed E-state index contributed by atoms with van der Waals surface area (Å²) < 4.78 is 0. The summed E-state index contributed by atoms with van der Waals surface area (Å²) >= 11 is 0. The van der Waals surface area contributed by atoms with Gasteiger partial charge >= 0.3 is 0 Å². The van der Waals surface area contributed by atoms with Crippen molar-refractivity contribution in [1.82, 2.24) is 9.80 Å². The second-order valence-corrected chi connectivity index (χ2v) is 3.76. The van der Waals surface area contributed by atoms with E-state index in [0.29, 0.717) is 6.04 Å². The van der Waals surface area contributed by atoms with Crippen molar-refractivity contribution in [2.45, 2.75) is 19.9 Å². The molecule has 12 heavy (non-hydrogen) atoms. The average molecular weight is 171 g/mol. The van der Waals surface area contributed by atoms with Crippen molar-refractivity contribution in [3.8, 4) is 0 Å². The van der Waals surface area contributed by atoms with Gasteiger partial charge in [-0.2, -0.15) is 0 Å². The number of hydrogen-bond donors (Lipinski definition) is 1. The molecule has 1 aliphatic heterocycles. The highest BCUT2D eigenvalue weighted by atomic mass is 15.3. The molecule has 0 radical (unpaired) electrons. The van der Waals surface area contributed by atoms with Crippen LogP contribution in [0.4, 0.5) is 0 Å². The van der Waals surface area contributed by atoms with Gasteiger partial charge in [0.1, 0.15) is 0 Å². The summed E-state index contributed by atoms with van der Waals surface area (Å²) in [6.45, 7) is 11.2. The van der Waals surface area contributed by atoms with Gasteiger partial charge in [-0.3, -0.25) is 9.80 Å². The van der Waals surface area contributed by atoms with Gasteiger partial charge in [0.05, 0.1) is 0 Å². The molecule has 0 aromatic heterocycles. The third-order valence-electron chi connectivity index (χ3n) is 2.58. The molecule has 1 aliphatic rings. The Balaban J connectivity index is 2.20. The van der Waals surface area contributed by atoms with Crippen LogP contribution < -0.4 is 5.73 Å². The maximum atomic E-state index is 5.50. The molecule has 0 amide bonds. The van der Waals surface area contributed by atoms with Gasteiger partial charge < -0.3 is 5.73 Å². The minimum Gasteiger partial charge on any atom is -0.329 e. The van der Waals surface area contributed by atoms with Crippen molar-refractivity contribution in [3.63, 3.8) is 0 Å². The molecule has 3 heteroatoms. The smallest absolute Gasteiger partial charge is 0.0113 e. The van der Waals surface area contributed by atoms with E-state index >= 15 is 0 Å². The van der Waals surface area contributed by atoms with E-state index in [4.69, 9.17) is 5.73 Å². The van der Waals surface area contributed by atoms with E-state index in [-0.39, 0.29) is 0 Å². The van der Waals surface area contributed by atoms with E-state index in [1.54, 1.807) is 0 Å². The summed E-state index contributed by atoms with van der Waals surface area (Å²) in [5, 5.41) is 0. The normalized spacial score (nSPS) is 22.0. The van der Waals surface area contributed by atoms with Crippen molar-refractivity contribution in [2.24, 2.45) is 5.73 Å². The van der Waals surface area contributed by atoms with E-state index in [1.165, 1.54) is 26.2 Å². The summed E-state index contributed by atoms with van der Waals surface area (Å²) in [7, 11) is 0. The van der Waals surface area contributed by atoms with E-state index < -0.39 is 0 Å². The van der Waals surface area contributed by atoms with Crippen LogP contribution in [-0.2, 0) is 0 Å². The van der Waals surface area contributed by atoms with Crippen LogP contribution in [0.2, 0.25) is 0 Å². The standard InChI is InChI=1S/C9H21N3/c1-9(2)12-7-5-11(4-3-10)6-8-12/h9H,3-8,10H2,1-2H3. The lowest BCUT2D eigenvalue weighted by Crippen LogP contribution is -2.49. The zero-order valence-electron chi connectivity index (χ0n) is 8.29. The molecule has 1 rings (SSSR count). The first-order valence-electron chi connectivity index (χ1n) is 4.90. The molecule has 0 saturated carbocycles. The van der Waals surface area contributed by atoms with Crippen LogP contribution in [0.1, 0.15) is 13.8 Å². The van der Waals surface area contributed by atoms with Crippen molar-refractivity contribution in [2.75, 3.05) is 39.3 Å². The first-order valence-corrected chi connectivity index (χ1v) is 4.90. The number of piperazine rings is 1. The predicted octanol–water partition coefficient (Wildman–Crippen LogP) is -0.0289. The van der Waals surface area contributed by atoms with Crippen molar-refractivity contribution >= 4 is 0 Å². The Morgan fingerprint density at radius 2 is 1.75 bits per heavy atom. The topological polar surface area (TPSA) is 32.5 Å². The molecule has 0 aromatic carbocycles. The van der Waals surface area contributed by atoms with Gasteiger partial charge in [-0.1, -0.05) is 0 Å². The Labute approximate surface area is 75.5 Å². The average Bonchev–Trinajstić information content (AvgIpc) is 2.06. The molecule has 3 nitrogen and oxygen atoms in total. The summed E-state index contributed by atoms with van der Waals surface area (Å²) in [5.41, 5.74) is 5.50. The first-order chi connectivity index (χ1) is 5.74. The molecule has 2 N–H and O–H groups in total. The maximum Gasteiger partial charge on any atom is 0.0113 e. The molecular formula is C9H21N3. The van der Waals surface area contributed by atoms with Crippen LogP contribution in [-0.4, -0.2) is 55.1 Å². The molecule has 0 bridgehead atoms. The monoisotopic (exact) mass is 171 g/mol. The molecule has 1 heterocycles. The van der Waals surface area contributed by atoms with E-state index in [9.17, 15) is 0 Å². The Hall–Kier alpha value is -0.120. The SMILES string of the molecule is CC(C)N1CCN(CCN)CC1. The van der Waals surface area contributed by atoms with Gasteiger partial charge in [0.2, 0.25) is 0 Å². The highest BCUT2D eigenvalue weighted by Crippen LogP contribution is 2.04. The lowest BCUT2D eigenvalue weighted by molar-refractivity contribution is 0.111. The van der Waals surface area contributed by atoms with Crippen molar-refractivity contribution < 1.29 is 0 Å². The minimum absolute atomic E-state index is 0.699. The highest BCUT2D eigenvalue weighted by Gasteiger charge is 2.17. The fraction of sp³-hybridized carbons (Fsp3) is 1.00. The Kier molecular flexibility index (Phi) is 3.98. The molecular weight excluding hydrogens is 150 g/mol. The van der Waals surface area contributed by atoms with Crippen LogP contribution in [0.15, 0.2) is 0 Å². The third-order valence-corrected chi connectivity index (χ3v) is 2.58. The largest absolute Gasteiger partial charge is 0.329 e. The second-order valence-electron chi connectivity index (χ2n) is 3.76. The van der Waals surface area contributed by atoms with Gasteiger partial charge in [-0.25, -0.2) is 0 Å². The lowest BCUT2D eigenvalue weighted by Gasteiger charge is -2.36. The first kappa shape index (κ1) is 9.96. The Bertz CT molecular complexity index is 117. The van der Waals surface area contributed by atoms with Gasteiger partial charge in [-0.05, 0) is 13.8 Å². The van der Waals surface area contributed by atoms with E-state index in [2.05, 4.69) is 23.6 Å². The number of nitrogens with two attached hydrogens (primary N) is 1. The molecule has 0 aromatic rings. The van der Waals surface area contributed by atoms with Crippen molar-refractivity contribution in [1.29, 1.82) is 0 Å². The summed E-state index contributed by atoms with van der Waals surface area (Å²) in [6, 6.07) is 0.699. The summed E-state index contributed by atoms with van der Waals surface area (Å²) in [4.78, 5) is 4.96.